The molecule has 0 radical (unpaired) electrons. The highest BCUT2D eigenvalue weighted by atomic mass is 127. The van der Waals surface area contributed by atoms with E-state index in [1.165, 1.54) is 57.8 Å². The largest absolute Gasteiger partial charge is 0.350 e. The summed E-state index contributed by atoms with van der Waals surface area (Å²) in [5.74, 6) is 1.62. The number of anilines is 1. The molecule has 8 heteroatoms. The van der Waals surface area contributed by atoms with Crippen LogP contribution >= 0.6 is 50.3 Å². The van der Waals surface area contributed by atoms with Crippen molar-refractivity contribution in [2.24, 2.45) is 0 Å². The summed E-state index contributed by atoms with van der Waals surface area (Å²) in [6.45, 7) is 4.19. The van der Waals surface area contributed by atoms with Gasteiger partial charge in [-0.15, -0.1) is 0 Å². The van der Waals surface area contributed by atoms with E-state index in [9.17, 15) is 0 Å². The van der Waals surface area contributed by atoms with Crippen molar-refractivity contribution < 1.29 is 4.39 Å². The van der Waals surface area contributed by atoms with Crippen LogP contribution in [0.5, 0.6) is 0 Å². The van der Waals surface area contributed by atoms with Crippen LogP contribution in [0.2, 0.25) is 0 Å². The van der Waals surface area contributed by atoms with Crippen molar-refractivity contribution >= 4 is 67.0 Å². The van der Waals surface area contributed by atoms with Crippen molar-refractivity contribution in [2.45, 2.75) is 94.8 Å². The Labute approximate surface area is 223 Å². The van der Waals surface area contributed by atoms with E-state index in [-0.39, 0.29) is 5.82 Å². The van der Waals surface area contributed by atoms with Gasteiger partial charge in [0, 0.05) is 39.9 Å². The van der Waals surface area contributed by atoms with Gasteiger partial charge in [0.15, 0.2) is 11.0 Å². The second kappa shape index (κ2) is 12.7. The van der Waals surface area contributed by atoms with Crippen molar-refractivity contribution in [1.29, 1.82) is 0 Å². The summed E-state index contributed by atoms with van der Waals surface area (Å²) in [7, 11) is 0. The minimum Gasteiger partial charge on any atom is -0.350 e. The molecule has 0 unspecified atom stereocenters. The van der Waals surface area contributed by atoms with Crippen LogP contribution in [0.15, 0.2) is 15.7 Å². The highest BCUT2D eigenvalue weighted by Crippen LogP contribution is 2.38. The number of benzene rings is 1. The van der Waals surface area contributed by atoms with E-state index in [1.54, 1.807) is 11.8 Å². The van der Waals surface area contributed by atoms with Gasteiger partial charge in [0.2, 0.25) is 0 Å². The molecular formula is C25H35BrFIN4S. The first-order valence-electron chi connectivity index (χ1n) is 12.6. The molecule has 33 heavy (non-hydrogen) atoms. The predicted molar refractivity (Wildman–Crippen MR) is 150 cm³/mol. The number of piperazine rings is 1. The number of fused-ring (bicyclic) bond motifs is 3. The van der Waals surface area contributed by atoms with Crippen molar-refractivity contribution in [3.8, 4) is 0 Å². The molecule has 0 saturated carbocycles. The Balaban J connectivity index is 1.35. The van der Waals surface area contributed by atoms with Gasteiger partial charge in [-0.3, -0.25) is 0 Å². The third-order valence-corrected chi connectivity index (χ3v) is 10.1. The summed E-state index contributed by atoms with van der Waals surface area (Å²) in [6, 6.07) is 2.98. The number of aromatic nitrogens is 2. The monoisotopic (exact) mass is 648 g/mol. The molecule has 2 bridgehead atoms. The number of nitrogens with zero attached hydrogens (tertiary/aromatic N) is 3. The van der Waals surface area contributed by atoms with Crippen LogP contribution in [0.3, 0.4) is 0 Å². The molecule has 0 spiro atoms. The minimum absolute atomic E-state index is 0.274. The maximum atomic E-state index is 15.2. The quantitative estimate of drug-likeness (QED) is 0.0793. The van der Waals surface area contributed by atoms with Gasteiger partial charge in [0.05, 0.1) is 4.47 Å². The SMILES string of the molecule is CCCCCCCCCCCCSc1nc(N2C[C@@H]3C[C@H]2CN3)c2cc(I)c(Br)c(F)c2n1. The van der Waals surface area contributed by atoms with E-state index in [2.05, 4.69) is 60.6 Å². The molecular weight excluding hydrogens is 614 g/mol. The average Bonchev–Trinajstić information content (AvgIpc) is 3.45. The van der Waals surface area contributed by atoms with E-state index >= 15 is 4.39 Å². The molecule has 4 rings (SSSR count). The fraction of sp³-hybridized carbons (Fsp3) is 0.680. The van der Waals surface area contributed by atoms with Crippen molar-refractivity contribution in [3.63, 3.8) is 0 Å². The number of hydrogen-bond acceptors (Lipinski definition) is 5. The second-order valence-electron chi connectivity index (χ2n) is 9.39. The number of thioether (sulfide) groups is 1. The standard InChI is InChI=1S/C25H35BrFIN4S/c1-2-3-4-5-6-7-8-9-10-11-12-33-25-30-23-19(14-20(28)21(26)22(23)27)24(31-25)32-16-17-13-18(32)15-29-17/h14,17-18,29H,2-13,15-16H2,1H3/t17-,18-/m0/s1. The van der Waals surface area contributed by atoms with Crippen LogP contribution in [0.1, 0.15) is 77.6 Å². The van der Waals surface area contributed by atoms with Gasteiger partial charge in [-0.25, -0.2) is 14.4 Å². The molecule has 2 saturated heterocycles. The van der Waals surface area contributed by atoms with Crippen molar-refractivity contribution in [3.05, 3.63) is 19.9 Å². The first kappa shape index (κ1) is 25.9. The molecule has 0 aliphatic carbocycles. The molecule has 182 valence electrons. The van der Waals surface area contributed by atoms with Crippen LogP contribution in [0, 0.1) is 9.39 Å². The lowest BCUT2D eigenvalue weighted by molar-refractivity contribution is 0.563. The van der Waals surface area contributed by atoms with Crippen LogP contribution in [-0.4, -0.2) is 40.9 Å². The Bertz CT molecular complexity index is 946. The lowest BCUT2D eigenvalue weighted by atomic mass is 10.1. The Hall–Kier alpha value is -0.190. The zero-order valence-corrected chi connectivity index (χ0v) is 24.1. The molecule has 2 aromatic rings. The average molecular weight is 649 g/mol. The Morgan fingerprint density at radius 2 is 1.82 bits per heavy atom. The molecule has 4 nitrogen and oxygen atoms in total. The van der Waals surface area contributed by atoms with Gasteiger partial charge in [-0.1, -0.05) is 76.5 Å². The van der Waals surface area contributed by atoms with Crippen LogP contribution in [-0.2, 0) is 0 Å². The molecule has 2 aliphatic rings. The van der Waals surface area contributed by atoms with Crippen molar-refractivity contribution in [1.82, 2.24) is 15.3 Å². The zero-order valence-electron chi connectivity index (χ0n) is 19.5. The van der Waals surface area contributed by atoms with Gasteiger partial charge in [0.1, 0.15) is 11.3 Å². The highest BCUT2D eigenvalue weighted by Gasteiger charge is 2.39. The van der Waals surface area contributed by atoms with Crippen LogP contribution in [0.4, 0.5) is 10.2 Å². The number of rotatable bonds is 13. The van der Waals surface area contributed by atoms with E-state index in [0.717, 1.165) is 46.5 Å². The Morgan fingerprint density at radius 3 is 2.45 bits per heavy atom. The number of nitrogens with one attached hydrogen (secondary N) is 1. The van der Waals surface area contributed by atoms with Gasteiger partial charge in [0.25, 0.3) is 0 Å². The third kappa shape index (κ3) is 6.53. The lowest BCUT2D eigenvalue weighted by Gasteiger charge is -2.29. The fourth-order valence-corrected chi connectivity index (χ4v) is 6.68. The minimum atomic E-state index is -0.274. The molecule has 1 aromatic carbocycles. The third-order valence-electron chi connectivity index (χ3n) is 6.84. The van der Waals surface area contributed by atoms with Crippen molar-refractivity contribution in [2.75, 3.05) is 23.7 Å². The highest BCUT2D eigenvalue weighted by molar-refractivity contribution is 14.1. The summed E-state index contributed by atoms with van der Waals surface area (Å²) in [6.07, 6.45) is 14.5. The van der Waals surface area contributed by atoms with E-state index in [1.807, 2.05) is 6.07 Å². The number of halogens is 3. The first-order chi connectivity index (χ1) is 16.1. The van der Waals surface area contributed by atoms with Gasteiger partial charge < -0.3 is 10.2 Å². The molecule has 0 amide bonds. The van der Waals surface area contributed by atoms with Gasteiger partial charge in [-0.05, 0) is 57.4 Å². The Kier molecular flexibility index (Phi) is 9.94. The van der Waals surface area contributed by atoms with Gasteiger partial charge in [-0.2, -0.15) is 0 Å². The maximum absolute atomic E-state index is 15.2. The fourth-order valence-electron chi connectivity index (χ4n) is 4.99. The summed E-state index contributed by atoms with van der Waals surface area (Å²) in [5.41, 5.74) is 0.439. The smallest absolute Gasteiger partial charge is 0.190 e. The summed E-state index contributed by atoms with van der Waals surface area (Å²) in [5, 5.41) is 5.09. The van der Waals surface area contributed by atoms with Crippen LogP contribution in [0.25, 0.3) is 10.9 Å². The molecule has 1 N–H and O–H groups in total. The van der Waals surface area contributed by atoms with E-state index < -0.39 is 0 Å². The number of hydrogen-bond donors (Lipinski definition) is 1. The van der Waals surface area contributed by atoms with Crippen LogP contribution < -0.4 is 10.2 Å². The zero-order chi connectivity index (χ0) is 23.2. The Morgan fingerprint density at radius 1 is 1.12 bits per heavy atom. The second-order valence-corrected chi connectivity index (χ2v) is 12.4. The predicted octanol–water partition coefficient (Wildman–Crippen LogP) is 7.70. The molecule has 2 aliphatic heterocycles. The topological polar surface area (TPSA) is 41.1 Å². The summed E-state index contributed by atoms with van der Waals surface area (Å²) >= 11 is 7.26. The van der Waals surface area contributed by atoms with E-state index in [4.69, 9.17) is 4.98 Å². The molecule has 2 fully saturated rings. The van der Waals surface area contributed by atoms with Gasteiger partial charge >= 0.3 is 0 Å². The maximum Gasteiger partial charge on any atom is 0.190 e. The summed E-state index contributed by atoms with van der Waals surface area (Å²) < 4.78 is 16.5. The molecule has 3 heterocycles. The number of unbranched alkanes of at least 4 members (excludes halogenated alkanes) is 9. The van der Waals surface area contributed by atoms with E-state index in [0.29, 0.717) is 27.2 Å². The first-order valence-corrected chi connectivity index (χ1v) is 15.4. The molecule has 1 aromatic heterocycles. The summed E-state index contributed by atoms with van der Waals surface area (Å²) in [4.78, 5) is 12.0. The lowest BCUT2D eigenvalue weighted by Crippen LogP contribution is -2.44. The normalized spacial score (nSPS) is 19.8. The molecule has 2 atom stereocenters.